The molecule has 0 heterocycles. The summed E-state index contributed by atoms with van der Waals surface area (Å²) in [6, 6.07) is -0.712. The minimum atomic E-state index is -0.797. The standard InChI is InChI=1S/C64H119NO5/c1-4-7-10-13-16-19-22-25-28-31-34-37-40-43-46-49-52-55-60(70-64(69)57-54-51-48-45-42-39-36-33-30-27-24-21-18-15-12-9-6-3)58-63(68)65-61(59-66)62(67)56-53-50-47-44-41-38-35-32-29-26-23-20-17-14-11-8-5-2/h18,21,27,30,36,39,45,48,60-62,66-67H,4-17,19-20,22-26,28-29,31-35,37-38,40-44,46-47,49-59H2,1-3H3,(H,65,68)/b21-18-,30-27-,39-36-,48-45-. The van der Waals surface area contributed by atoms with Crippen LogP contribution in [0.2, 0.25) is 0 Å². The van der Waals surface area contributed by atoms with Gasteiger partial charge in [-0.2, -0.15) is 0 Å². The maximum atomic E-state index is 13.3. The second-order valence-corrected chi connectivity index (χ2v) is 21.1. The third-order valence-electron chi connectivity index (χ3n) is 14.2. The molecule has 0 aliphatic carbocycles. The number of nitrogens with one attached hydrogen (secondary N) is 1. The Kier molecular flexibility index (Phi) is 55.9. The lowest BCUT2D eigenvalue weighted by atomic mass is 10.0. The first kappa shape index (κ1) is 67.8. The summed E-state index contributed by atoms with van der Waals surface area (Å²) >= 11 is 0. The lowest BCUT2D eigenvalue weighted by molar-refractivity contribution is -0.151. The van der Waals surface area contributed by atoms with Crippen molar-refractivity contribution in [2.75, 3.05) is 6.61 Å². The van der Waals surface area contributed by atoms with Crippen molar-refractivity contribution in [3.05, 3.63) is 48.6 Å². The predicted molar refractivity (Wildman–Crippen MR) is 305 cm³/mol. The summed E-state index contributed by atoms with van der Waals surface area (Å²) in [5.74, 6) is -0.524. The quantitative estimate of drug-likeness (QED) is 0.0321. The van der Waals surface area contributed by atoms with Crippen LogP contribution in [0.1, 0.15) is 323 Å². The molecule has 0 aromatic carbocycles. The second kappa shape index (κ2) is 57.7. The van der Waals surface area contributed by atoms with Gasteiger partial charge < -0.3 is 20.3 Å². The molecule has 0 saturated carbocycles. The number of carbonyl (C=O) groups excluding carboxylic acids is 2. The number of hydrogen-bond acceptors (Lipinski definition) is 5. The first-order valence-corrected chi connectivity index (χ1v) is 30.9. The van der Waals surface area contributed by atoms with Crippen molar-refractivity contribution in [1.82, 2.24) is 5.32 Å². The fourth-order valence-corrected chi connectivity index (χ4v) is 9.49. The molecule has 410 valence electrons. The number of aliphatic hydroxyl groups is 2. The normalized spacial score (nSPS) is 13.4. The van der Waals surface area contributed by atoms with Gasteiger partial charge in [0.25, 0.3) is 0 Å². The van der Waals surface area contributed by atoms with E-state index in [-0.39, 0.29) is 24.9 Å². The molecule has 6 nitrogen and oxygen atoms in total. The number of esters is 1. The molecule has 3 atom stereocenters. The van der Waals surface area contributed by atoms with E-state index < -0.39 is 18.2 Å². The number of ether oxygens (including phenoxy) is 1. The molecule has 1 amide bonds. The van der Waals surface area contributed by atoms with E-state index >= 15 is 0 Å². The highest BCUT2D eigenvalue weighted by Crippen LogP contribution is 2.19. The van der Waals surface area contributed by atoms with Crippen LogP contribution in [-0.4, -0.2) is 46.9 Å². The number of amides is 1. The minimum absolute atomic E-state index is 0.0596. The van der Waals surface area contributed by atoms with Gasteiger partial charge in [-0.25, -0.2) is 0 Å². The Hall–Kier alpha value is -2.18. The summed E-state index contributed by atoms with van der Waals surface area (Å²) in [7, 11) is 0. The average molecular weight is 983 g/mol. The Balaban J connectivity index is 4.59. The van der Waals surface area contributed by atoms with Crippen LogP contribution in [-0.2, 0) is 14.3 Å². The van der Waals surface area contributed by atoms with E-state index in [1.165, 1.54) is 205 Å². The highest BCUT2D eigenvalue weighted by molar-refractivity contribution is 5.77. The molecule has 3 N–H and O–H groups in total. The van der Waals surface area contributed by atoms with E-state index in [9.17, 15) is 19.8 Å². The zero-order valence-electron chi connectivity index (χ0n) is 46.9. The third kappa shape index (κ3) is 52.2. The number of rotatable bonds is 56. The zero-order valence-corrected chi connectivity index (χ0v) is 46.9. The van der Waals surface area contributed by atoms with Crippen molar-refractivity contribution < 1.29 is 24.5 Å². The maximum Gasteiger partial charge on any atom is 0.306 e. The number of allylic oxidation sites excluding steroid dienone is 8. The van der Waals surface area contributed by atoms with Gasteiger partial charge in [0.15, 0.2) is 0 Å². The van der Waals surface area contributed by atoms with Crippen LogP contribution in [0.5, 0.6) is 0 Å². The van der Waals surface area contributed by atoms with Gasteiger partial charge in [0, 0.05) is 6.42 Å². The molecule has 70 heavy (non-hydrogen) atoms. The lowest BCUT2D eigenvalue weighted by Crippen LogP contribution is -2.46. The Labute approximate surface area is 436 Å². The van der Waals surface area contributed by atoms with Gasteiger partial charge in [-0.15, -0.1) is 0 Å². The van der Waals surface area contributed by atoms with Gasteiger partial charge in [-0.05, 0) is 64.2 Å². The molecule has 0 rings (SSSR count). The van der Waals surface area contributed by atoms with Crippen molar-refractivity contribution in [2.45, 2.75) is 341 Å². The van der Waals surface area contributed by atoms with Crippen molar-refractivity contribution in [2.24, 2.45) is 0 Å². The van der Waals surface area contributed by atoms with E-state index in [2.05, 4.69) is 74.7 Å². The van der Waals surface area contributed by atoms with E-state index in [0.29, 0.717) is 25.7 Å². The van der Waals surface area contributed by atoms with Gasteiger partial charge in [0.1, 0.15) is 6.10 Å². The summed E-state index contributed by atoms with van der Waals surface area (Å²) in [6.07, 6.45) is 71.9. The van der Waals surface area contributed by atoms with Crippen molar-refractivity contribution in [1.29, 1.82) is 0 Å². The molecule has 0 aliphatic rings. The summed E-state index contributed by atoms with van der Waals surface area (Å²) in [4.78, 5) is 26.3. The Morgan fingerprint density at radius 2 is 0.729 bits per heavy atom. The van der Waals surface area contributed by atoms with Crippen molar-refractivity contribution in [3.8, 4) is 0 Å². The Morgan fingerprint density at radius 1 is 0.414 bits per heavy atom. The first-order valence-electron chi connectivity index (χ1n) is 30.9. The van der Waals surface area contributed by atoms with E-state index in [4.69, 9.17) is 4.74 Å². The first-order chi connectivity index (χ1) is 34.5. The zero-order chi connectivity index (χ0) is 50.9. The molecular formula is C64H119NO5. The van der Waals surface area contributed by atoms with Crippen molar-refractivity contribution >= 4 is 11.9 Å². The minimum Gasteiger partial charge on any atom is -0.462 e. The maximum absolute atomic E-state index is 13.3. The van der Waals surface area contributed by atoms with Crippen LogP contribution in [0.3, 0.4) is 0 Å². The molecule has 0 aliphatic heterocycles. The molecule has 0 spiro atoms. The fourth-order valence-electron chi connectivity index (χ4n) is 9.49. The number of aliphatic hydroxyl groups excluding tert-OH is 2. The van der Waals surface area contributed by atoms with E-state index in [1.54, 1.807) is 0 Å². The average Bonchev–Trinajstić information content (AvgIpc) is 3.35. The second-order valence-electron chi connectivity index (χ2n) is 21.1. The lowest BCUT2D eigenvalue weighted by Gasteiger charge is -2.24. The third-order valence-corrected chi connectivity index (χ3v) is 14.2. The molecule has 6 heteroatoms. The highest BCUT2D eigenvalue weighted by Gasteiger charge is 2.24. The van der Waals surface area contributed by atoms with Crippen LogP contribution in [0.15, 0.2) is 48.6 Å². The number of hydrogen-bond donors (Lipinski definition) is 3. The number of unbranched alkanes of at least 4 members (excludes halogenated alkanes) is 36. The molecule has 0 radical (unpaired) electrons. The topological polar surface area (TPSA) is 95.9 Å². The van der Waals surface area contributed by atoms with Gasteiger partial charge in [0.05, 0.1) is 25.2 Å². The van der Waals surface area contributed by atoms with Gasteiger partial charge in [0.2, 0.25) is 5.91 Å². The van der Waals surface area contributed by atoms with Gasteiger partial charge >= 0.3 is 5.97 Å². The summed E-state index contributed by atoms with van der Waals surface area (Å²) in [6.45, 7) is 6.49. The van der Waals surface area contributed by atoms with Crippen LogP contribution in [0.4, 0.5) is 0 Å². The molecule has 0 saturated heterocycles. The molecular weight excluding hydrogens is 863 g/mol. The smallest absolute Gasteiger partial charge is 0.306 e. The SMILES string of the molecule is CCCCC/C=C\C/C=C\C/C=C\C/C=C\CCCC(=O)OC(CCCCCCCCCCCCCCCCCCC)CC(=O)NC(CO)C(O)CCCCCCCCCCCCCCCCCCC. The van der Waals surface area contributed by atoms with E-state index in [1.807, 2.05) is 0 Å². The largest absolute Gasteiger partial charge is 0.462 e. The molecule has 0 aromatic heterocycles. The van der Waals surface area contributed by atoms with Gasteiger partial charge in [-0.1, -0.05) is 294 Å². The van der Waals surface area contributed by atoms with Crippen LogP contribution >= 0.6 is 0 Å². The van der Waals surface area contributed by atoms with Gasteiger partial charge in [-0.3, -0.25) is 9.59 Å². The van der Waals surface area contributed by atoms with E-state index in [0.717, 1.165) is 64.2 Å². The highest BCUT2D eigenvalue weighted by atomic mass is 16.5. The fraction of sp³-hybridized carbons (Fsp3) is 0.844. The summed E-state index contributed by atoms with van der Waals surface area (Å²) < 4.78 is 5.95. The van der Waals surface area contributed by atoms with Crippen LogP contribution in [0, 0.1) is 0 Å². The van der Waals surface area contributed by atoms with Crippen LogP contribution in [0.25, 0.3) is 0 Å². The molecule has 3 unspecified atom stereocenters. The van der Waals surface area contributed by atoms with Crippen molar-refractivity contribution in [3.63, 3.8) is 0 Å². The molecule has 0 bridgehead atoms. The summed E-state index contributed by atoms with van der Waals surface area (Å²) in [5.41, 5.74) is 0. The monoisotopic (exact) mass is 982 g/mol. The van der Waals surface area contributed by atoms with Crippen LogP contribution < -0.4 is 5.32 Å². The predicted octanol–water partition coefficient (Wildman–Crippen LogP) is 19.4. The summed E-state index contributed by atoms with van der Waals surface area (Å²) in [5, 5.41) is 24.0. The molecule has 0 aromatic rings. The number of carbonyl (C=O) groups is 2. The Bertz CT molecular complexity index is 1190. The Morgan fingerprint density at radius 3 is 1.10 bits per heavy atom. The molecule has 0 fully saturated rings.